The molecular formula is C14H11BrClF2N. The van der Waals surface area contributed by atoms with Crippen molar-refractivity contribution in [2.45, 2.75) is 12.5 Å². The van der Waals surface area contributed by atoms with Gasteiger partial charge in [0.2, 0.25) is 0 Å². The van der Waals surface area contributed by atoms with Crippen molar-refractivity contribution in [3.05, 3.63) is 68.7 Å². The van der Waals surface area contributed by atoms with Gasteiger partial charge in [0.05, 0.1) is 4.47 Å². The van der Waals surface area contributed by atoms with Gasteiger partial charge in [0, 0.05) is 11.1 Å². The molecule has 0 aliphatic heterocycles. The van der Waals surface area contributed by atoms with Gasteiger partial charge in [0.25, 0.3) is 0 Å². The first-order valence-corrected chi connectivity index (χ1v) is 6.79. The van der Waals surface area contributed by atoms with Crippen molar-refractivity contribution in [2.75, 3.05) is 0 Å². The van der Waals surface area contributed by atoms with Gasteiger partial charge in [0.1, 0.15) is 0 Å². The van der Waals surface area contributed by atoms with Crippen molar-refractivity contribution < 1.29 is 8.78 Å². The average molecular weight is 347 g/mol. The van der Waals surface area contributed by atoms with Gasteiger partial charge in [-0.1, -0.05) is 29.8 Å². The normalized spacial score (nSPS) is 12.5. The van der Waals surface area contributed by atoms with Crippen LogP contribution >= 0.6 is 27.5 Å². The number of rotatable bonds is 3. The molecule has 1 atom stereocenters. The molecule has 0 saturated heterocycles. The Kier molecular flexibility index (Phi) is 4.55. The Morgan fingerprint density at radius 3 is 2.63 bits per heavy atom. The van der Waals surface area contributed by atoms with Crippen molar-refractivity contribution >= 4 is 27.5 Å². The van der Waals surface area contributed by atoms with E-state index in [-0.39, 0.29) is 4.47 Å². The maximum atomic E-state index is 13.5. The van der Waals surface area contributed by atoms with E-state index < -0.39 is 17.7 Å². The summed E-state index contributed by atoms with van der Waals surface area (Å²) in [6.07, 6.45) is 0.490. The maximum absolute atomic E-state index is 13.5. The molecule has 2 aromatic rings. The van der Waals surface area contributed by atoms with E-state index in [4.69, 9.17) is 17.3 Å². The predicted molar refractivity (Wildman–Crippen MR) is 76.1 cm³/mol. The Morgan fingerprint density at radius 1 is 1.21 bits per heavy atom. The van der Waals surface area contributed by atoms with Crippen LogP contribution in [0.2, 0.25) is 5.02 Å². The molecule has 0 aliphatic rings. The summed E-state index contributed by atoms with van der Waals surface area (Å²) in [6, 6.07) is 9.40. The lowest BCUT2D eigenvalue weighted by Gasteiger charge is -2.15. The topological polar surface area (TPSA) is 26.0 Å². The Balaban J connectivity index is 2.25. The summed E-state index contributed by atoms with van der Waals surface area (Å²) in [4.78, 5) is 0. The summed E-state index contributed by atoms with van der Waals surface area (Å²) in [5.74, 6) is -1.82. The van der Waals surface area contributed by atoms with Crippen LogP contribution in [0.25, 0.3) is 0 Å². The summed E-state index contributed by atoms with van der Waals surface area (Å²) in [6.45, 7) is 0. The second-order valence-corrected chi connectivity index (χ2v) is 5.43. The SMILES string of the molecule is NC(Cc1cccc(Cl)c1)c1ccc(F)c(F)c1Br. The zero-order valence-corrected chi connectivity index (χ0v) is 12.2. The van der Waals surface area contributed by atoms with E-state index >= 15 is 0 Å². The van der Waals surface area contributed by atoms with Crippen LogP contribution in [-0.2, 0) is 6.42 Å². The Labute approximate surface area is 123 Å². The highest BCUT2D eigenvalue weighted by molar-refractivity contribution is 9.10. The van der Waals surface area contributed by atoms with Gasteiger partial charge in [-0.3, -0.25) is 0 Å². The standard InChI is InChI=1S/C14H11BrClF2N/c15-13-10(4-5-11(17)14(13)18)12(19)7-8-2-1-3-9(16)6-8/h1-6,12H,7,19H2. The number of benzene rings is 2. The van der Waals surface area contributed by atoms with Gasteiger partial charge in [0.15, 0.2) is 11.6 Å². The minimum Gasteiger partial charge on any atom is -0.324 e. The molecule has 19 heavy (non-hydrogen) atoms. The third-order valence-electron chi connectivity index (χ3n) is 2.81. The van der Waals surface area contributed by atoms with Gasteiger partial charge >= 0.3 is 0 Å². The van der Waals surface area contributed by atoms with E-state index in [1.54, 1.807) is 12.1 Å². The average Bonchev–Trinajstić information content (AvgIpc) is 2.36. The summed E-state index contributed by atoms with van der Waals surface area (Å²) in [7, 11) is 0. The van der Waals surface area contributed by atoms with Crippen LogP contribution in [0.1, 0.15) is 17.2 Å². The van der Waals surface area contributed by atoms with Crippen molar-refractivity contribution in [2.24, 2.45) is 5.73 Å². The van der Waals surface area contributed by atoms with E-state index in [0.717, 1.165) is 11.6 Å². The summed E-state index contributed by atoms with van der Waals surface area (Å²) < 4.78 is 26.6. The third-order valence-corrected chi connectivity index (χ3v) is 3.85. The molecule has 0 amide bonds. The fourth-order valence-corrected chi connectivity index (χ4v) is 2.68. The monoisotopic (exact) mass is 345 g/mol. The van der Waals surface area contributed by atoms with Crippen LogP contribution in [0.15, 0.2) is 40.9 Å². The maximum Gasteiger partial charge on any atom is 0.173 e. The highest BCUT2D eigenvalue weighted by Crippen LogP contribution is 2.28. The lowest BCUT2D eigenvalue weighted by molar-refractivity contribution is 0.500. The number of nitrogens with two attached hydrogens (primary N) is 1. The van der Waals surface area contributed by atoms with Crippen LogP contribution in [0.4, 0.5) is 8.78 Å². The van der Waals surface area contributed by atoms with Crippen LogP contribution < -0.4 is 5.73 Å². The molecule has 1 unspecified atom stereocenters. The van der Waals surface area contributed by atoms with Gasteiger partial charge in [-0.2, -0.15) is 0 Å². The van der Waals surface area contributed by atoms with Crippen LogP contribution in [0.5, 0.6) is 0 Å². The molecule has 0 aromatic heterocycles. The molecule has 0 bridgehead atoms. The molecule has 0 fully saturated rings. The molecule has 0 aliphatic carbocycles. The Bertz CT molecular complexity index is 604. The van der Waals surface area contributed by atoms with E-state index in [9.17, 15) is 8.78 Å². The summed E-state index contributed by atoms with van der Waals surface area (Å²) >= 11 is 8.93. The largest absolute Gasteiger partial charge is 0.324 e. The van der Waals surface area contributed by atoms with Gasteiger partial charge in [-0.25, -0.2) is 8.78 Å². The zero-order chi connectivity index (χ0) is 14.0. The van der Waals surface area contributed by atoms with Crippen molar-refractivity contribution in [3.8, 4) is 0 Å². The molecule has 0 heterocycles. The second-order valence-electron chi connectivity index (χ2n) is 4.21. The molecular weight excluding hydrogens is 336 g/mol. The molecule has 2 rings (SSSR count). The number of hydrogen-bond acceptors (Lipinski definition) is 1. The van der Waals surface area contributed by atoms with Gasteiger partial charge in [-0.15, -0.1) is 0 Å². The van der Waals surface area contributed by atoms with Crippen LogP contribution in [0.3, 0.4) is 0 Å². The quantitative estimate of drug-likeness (QED) is 0.806. The Hall–Kier alpha value is -0.970. The molecule has 0 radical (unpaired) electrons. The van der Waals surface area contributed by atoms with E-state index in [1.165, 1.54) is 6.07 Å². The van der Waals surface area contributed by atoms with E-state index in [0.29, 0.717) is 17.0 Å². The molecule has 1 nitrogen and oxygen atoms in total. The third kappa shape index (κ3) is 3.32. The fraction of sp³-hybridized carbons (Fsp3) is 0.143. The molecule has 0 spiro atoms. The second kappa shape index (κ2) is 5.99. The molecule has 2 aromatic carbocycles. The summed E-state index contributed by atoms with van der Waals surface area (Å²) in [5, 5.41) is 0.619. The van der Waals surface area contributed by atoms with E-state index in [1.807, 2.05) is 12.1 Å². The first kappa shape index (κ1) is 14.4. The molecule has 100 valence electrons. The van der Waals surface area contributed by atoms with E-state index in [2.05, 4.69) is 15.9 Å². The van der Waals surface area contributed by atoms with Crippen LogP contribution in [-0.4, -0.2) is 0 Å². The molecule has 5 heteroatoms. The van der Waals surface area contributed by atoms with Gasteiger partial charge < -0.3 is 5.73 Å². The highest BCUT2D eigenvalue weighted by atomic mass is 79.9. The lowest BCUT2D eigenvalue weighted by atomic mass is 9.99. The zero-order valence-electron chi connectivity index (χ0n) is 9.84. The first-order chi connectivity index (χ1) is 8.99. The van der Waals surface area contributed by atoms with Crippen LogP contribution in [0, 0.1) is 11.6 Å². The smallest absolute Gasteiger partial charge is 0.173 e. The first-order valence-electron chi connectivity index (χ1n) is 5.62. The minimum absolute atomic E-state index is 0.0713. The molecule has 0 saturated carbocycles. The van der Waals surface area contributed by atoms with Crippen molar-refractivity contribution in [1.29, 1.82) is 0 Å². The number of hydrogen-bond donors (Lipinski definition) is 1. The highest BCUT2D eigenvalue weighted by Gasteiger charge is 2.16. The lowest BCUT2D eigenvalue weighted by Crippen LogP contribution is -2.14. The Morgan fingerprint density at radius 2 is 1.95 bits per heavy atom. The molecule has 2 N–H and O–H groups in total. The number of halogens is 4. The minimum atomic E-state index is -0.918. The predicted octanol–water partition coefficient (Wildman–Crippen LogP) is 4.62. The summed E-state index contributed by atoms with van der Waals surface area (Å²) in [5.41, 5.74) is 7.50. The fourth-order valence-electron chi connectivity index (χ4n) is 1.86. The van der Waals surface area contributed by atoms with Gasteiger partial charge in [-0.05, 0) is 51.7 Å². The van der Waals surface area contributed by atoms with Crippen molar-refractivity contribution in [1.82, 2.24) is 0 Å². The van der Waals surface area contributed by atoms with Crippen molar-refractivity contribution in [3.63, 3.8) is 0 Å².